The molecule has 0 aliphatic carbocycles. The standard InChI is InChI=1S/C17H39N3/c1-9-18(12-14-19(10-2)16(4)5)13-15-20(11-3)17(6,7)8/h16H,9-15H2,1-8H3. The Morgan fingerprint density at radius 3 is 1.65 bits per heavy atom. The van der Waals surface area contributed by atoms with Gasteiger partial charge in [0, 0.05) is 37.8 Å². The smallest absolute Gasteiger partial charge is 0.0125 e. The molecule has 0 saturated carbocycles. The van der Waals surface area contributed by atoms with Gasteiger partial charge in [0.1, 0.15) is 0 Å². The van der Waals surface area contributed by atoms with Gasteiger partial charge in [0.05, 0.1) is 0 Å². The van der Waals surface area contributed by atoms with Crippen LogP contribution in [0.5, 0.6) is 0 Å². The van der Waals surface area contributed by atoms with Gasteiger partial charge in [-0.2, -0.15) is 0 Å². The van der Waals surface area contributed by atoms with Gasteiger partial charge >= 0.3 is 0 Å². The predicted molar refractivity (Wildman–Crippen MR) is 91.5 cm³/mol. The average molecular weight is 286 g/mol. The van der Waals surface area contributed by atoms with E-state index in [0.29, 0.717) is 6.04 Å². The van der Waals surface area contributed by atoms with Crippen LogP contribution >= 0.6 is 0 Å². The SMILES string of the molecule is CCN(CCN(CC)C(C)C)CCN(CC)C(C)(C)C. The number of likely N-dealkylation sites (N-methyl/N-ethyl adjacent to an activating group) is 3. The summed E-state index contributed by atoms with van der Waals surface area (Å²) in [5.74, 6) is 0. The van der Waals surface area contributed by atoms with Gasteiger partial charge in [-0.3, -0.25) is 9.80 Å². The Morgan fingerprint density at radius 1 is 0.750 bits per heavy atom. The third-order valence-electron chi connectivity index (χ3n) is 4.30. The number of hydrogen-bond acceptors (Lipinski definition) is 3. The fourth-order valence-electron chi connectivity index (χ4n) is 2.71. The van der Waals surface area contributed by atoms with Crippen molar-refractivity contribution < 1.29 is 0 Å². The first-order valence-electron chi connectivity index (χ1n) is 8.47. The maximum absolute atomic E-state index is 2.58. The summed E-state index contributed by atoms with van der Waals surface area (Å²) in [6.07, 6.45) is 0. The summed E-state index contributed by atoms with van der Waals surface area (Å²) in [5, 5.41) is 0. The zero-order valence-electron chi connectivity index (χ0n) is 15.4. The fraction of sp³-hybridized carbons (Fsp3) is 1.00. The molecule has 0 amide bonds. The third-order valence-corrected chi connectivity index (χ3v) is 4.30. The molecule has 0 bridgehead atoms. The normalized spacial score (nSPS) is 13.2. The lowest BCUT2D eigenvalue weighted by Gasteiger charge is -2.36. The first-order chi connectivity index (χ1) is 9.26. The second-order valence-corrected chi connectivity index (χ2v) is 6.91. The molecular formula is C17H39N3. The van der Waals surface area contributed by atoms with Crippen LogP contribution in [0.3, 0.4) is 0 Å². The molecule has 0 fully saturated rings. The lowest BCUT2D eigenvalue weighted by molar-refractivity contribution is 0.115. The van der Waals surface area contributed by atoms with Crippen LogP contribution in [0.25, 0.3) is 0 Å². The van der Waals surface area contributed by atoms with E-state index in [2.05, 4.69) is 70.1 Å². The van der Waals surface area contributed by atoms with Gasteiger partial charge in [0.2, 0.25) is 0 Å². The predicted octanol–water partition coefficient (Wildman–Crippen LogP) is 3.16. The number of nitrogens with zero attached hydrogens (tertiary/aromatic N) is 3. The minimum absolute atomic E-state index is 0.279. The van der Waals surface area contributed by atoms with Crippen LogP contribution in [0.1, 0.15) is 55.4 Å². The van der Waals surface area contributed by atoms with E-state index in [-0.39, 0.29) is 5.54 Å². The third kappa shape index (κ3) is 7.61. The number of rotatable bonds is 10. The molecule has 0 radical (unpaired) electrons. The first-order valence-corrected chi connectivity index (χ1v) is 8.47. The molecule has 0 aromatic carbocycles. The molecule has 0 aromatic heterocycles. The van der Waals surface area contributed by atoms with E-state index in [9.17, 15) is 0 Å². The first kappa shape index (κ1) is 19.9. The summed E-state index contributed by atoms with van der Waals surface area (Å²) in [6.45, 7) is 26.5. The van der Waals surface area contributed by atoms with E-state index >= 15 is 0 Å². The van der Waals surface area contributed by atoms with Crippen molar-refractivity contribution in [3.63, 3.8) is 0 Å². The van der Waals surface area contributed by atoms with Crippen LogP contribution in [-0.4, -0.2) is 72.1 Å². The minimum atomic E-state index is 0.279. The summed E-state index contributed by atoms with van der Waals surface area (Å²) in [4.78, 5) is 7.69. The van der Waals surface area contributed by atoms with Crippen molar-refractivity contribution in [1.82, 2.24) is 14.7 Å². The van der Waals surface area contributed by atoms with Crippen LogP contribution in [0, 0.1) is 0 Å². The van der Waals surface area contributed by atoms with Crippen molar-refractivity contribution in [2.75, 3.05) is 45.8 Å². The molecule has 0 spiro atoms. The molecule has 3 heteroatoms. The lowest BCUT2D eigenvalue weighted by atomic mass is 10.1. The molecule has 3 nitrogen and oxygen atoms in total. The van der Waals surface area contributed by atoms with Gasteiger partial charge in [0.15, 0.2) is 0 Å². The van der Waals surface area contributed by atoms with Crippen molar-refractivity contribution >= 4 is 0 Å². The summed E-state index contributed by atoms with van der Waals surface area (Å²) in [7, 11) is 0. The lowest BCUT2D eigenvalue weighted by Crippen LogP contribution is -2.46. The summed E-state index contributed by atoms with van der Waals surface area (Å²) < 4.78 is 0. The molecule has 0 atom stereocenters. The number of hydrogen-bond donors (Lipinski definition) is 0. The molecule has 0 unspecified atom stereocenters. The van der Waals surface area contributed by atoms with Crippen LogP contribution in [0.15, 0.2) is 0 Å². The molecule has 122 valence electrons. The van der Waals surface area contributed by atoms with Gasteiger partial charge in [-0.15, -0.1) is 0 Å². The Hall–Kier alpha value is -0.120. The van der Waals surface area contributed by atoms with E-state index in [1.807, 2.05) is 0 Å². The maximum atomic E-state index is 2.58. The van der Waals surface area contributed by atoms with Crippen LogP contribution in [0.4, 0.5) is 0 Å². The Kier molecular flexibility index (Phi) is 9.69. The minimum Gasteiger partial charge on any atom is -0.301 e. The summed E-state index contributed by atoms with van der Waals surface area (Å²) >= 11 is 0. The van der Waals surface area contributed by atoms with Crippen molar-refractivity contribution in [3.8, 4) is 0 Å². The Bertz CT molecular complexity index is 233. The van der Waals surface area contributed by atoms with Gasteiger partial charge in [-0.05, 0) is 54.3 Å². The quantitative estimate of drug-likeness (QED) is 0.610. The van der Waals surface area contributed by atoms with E-state index in [1.54, 1.807) is 0 Å². The molecule has 0 N–H and O–H groups in total. The zero-order valence-corrected chi connectivity index (χ0v) is 15.4. The second kappa shape index (κ2) is 9.75. The van der Waals surface area contributed by atoms with Crippen molar-refractivity contribution in [1.29, 1.82) is 0 Å². The average Bonchev–Trinajstić information content (AvgIpc) is 2.35. The summed E-state index contributed by atoms with van der Waals surface area (Å²) in [6, 6.07) is 0.653. The molecular weight excluding hydrogens is 246 g/mol. The Morgan fingerprint density at radius 2 is 1.30 bits per heavy atom. The van der Waals surface area contributed by atoms with E-state index < -0.39 is 0 Å². The topological polar surface area (TPSA) is 9.72 Å². The molecule has 0 aliphatic rings. The van der Waals surface area contributed by atoms with Crippen molar-refractivity contribution in [2.24, 2.45) is 0 Å². The summed E-state index contributed by atoms with van der Waals surface area (Å²) in [5.41, 5.74) is 0.279. The monoisotopic (exact) mass is 285 g/mol. The highest BCUT2D eigenvalue weighted by Crippen LogP contribution is 2.12. The highest BCUT2D eigenvalue weighted by molar-refractivity contribution is 4.76. The van der Waals surface area contributed by atoms with Crippen LogP contribution in [-0.2, 0) is 0 Å². The Labute approximate surface area is 128 Å². The van der Waals surface area contributed by atoms with E-state index in [1.165, 1.54) is 26.2 Å². The maximum Gasteiger partial charge on any atom is 0.0125 e. The zero-order chi connectivity index (χ0) is 15.8. The van der Waals surface area contributed by atoms with Gasteiger partial charge < -0.3 is 4.90 Å². The van der Waals surface area contributed by atoms with Crippen molar-refractivity contribution in [3.05, 3.63) is 0 Å². The second-order valence-electron chi connectivity index (χ2n) is 6.91. The molecule has 20 heavy (non-hydrogen) atoms. The van der Waals surface area contributed by atoms with E-state index in [4.69, 9.17) is 0 Å². The highest BCUT2D eigenvalue weighted by atomic mass is 15.2. The molecule has 0 aromatic rings. The molecule has 0 heterocycles. The van der Waals surface area contributed by atoms with Gasteiger partial charge in [-0.1, -0.05) is 20.8 Å². The fourth-order valence-corrected chi connectivity index (χ4v) is 2.71. The van der Waals surface area contributed by atoms with Gasteiger partial charge in [0.25, 0.3) is 0 Å². The highest BCUT2D eigenvalue weighted by Gasteiger charge is 2.19. The Balaban J connectivity index is 4.21. The molecule has 0 saturated heterocycles. The van der Waals surface area contributed by atoms with Gasteiger partial charge in [-0.25, -0.2) is 0 Å². The van der Waals surface area contributed by atoms with Crippen molar-refractivity contribution in [2.45, 2.75) is 67.0 Å². The largest absolute Gasteiger partial charge is 0.301 e. The van der Waals surface area contributed by atoms with Crippen LogP contribution in [0.2, 0.25) is 0 Å². The molecule has 0 rings (SSSR count). The molecule has 0 aliphatic heterocycles. The van der Waals surface area contributed by atoms with Crippen LogP contribution < -0.4 is 0 Å². The van der Waals surface area contributed by atoms with E-state index in [0.717, 1.165) is 19.6 Å².